The number of hydrogen-bond acceptors (Lipinski definition) is 3. The Balaban J connectivity index is 1.70. The number of morpholine rings is 1. The molecule has 0 saturated carbocycles. The summed E-state index contributed by atoms with van der Waals surface area (Å²) >= 11 is 5.84. The molecule has 140 valence electrons. The van der Waals surface area contributed by atoms with Gasteiger partial charge in [-0.3, -0.25) is 9.59 Å². The van der Waals surface area contributed by atoms with E-state index in [1.54, 1.807) is 35.2 Å². The first-order chi connectivity index (χ1) is 13.0. The van der Waals surface area contributed by atoms with Gasteiger partial charge in [-0.2, -0.15) is 0 Å². The van der Waals surface area contributed by atoms with E-state index in [1.807, 2.05) is 0 Å². The summed E-state index contributed by atoms with van der Waals surface area (Å²) in [6.45, 7) is 4.57. The van der Waals surface area contributed by atoms with Gasteiger partial charge in [0.05, 0.1) is 18.2 Å². The summed E-state index contributed by atoms with van der Waals surface area (Å²) in [4.78, 5) is 25.8. The van der Waals surface area contributed by atoms with Gasteiger partial charge < -0.3 is 15.0 Å². The molecular formula is C20H18ClFN2O3. The molecule has 1 unspecified atom stereocenters. The van der Waals surface area contributed by atoms with Crippen LogP contribution in [0, 0.1) is 5.82 Å². The normalized spacial score (nSPS) is 16.7. The second-order valence-electron chi connectivity index (χ2n) is 6.05. The van der Waals surface area contributed by atoms with Crippen LogP contribution in [0.4, 0.5) is 10.1 Å². The fourth-order valence-electron chi connectivity index (χ4n) is 2.82. The number of hydrogen-bond donors (Lipinski definition) is 1. The fraction of sp³-hybridized carbons (Fsp3) is 0.200. The van der Waals surface area contributed by atoms with Crippen molar-refractivity contribution in [2.24, 2.45) is 0 Å². The molecule has 0 aliphatic carbocycles. The minimum Gasteiger partial charge on any atom is -0.370 e. The Labute approximate surface area is 161 Å². The Kier molecular flexibility index (Phi) is 5.88. The Morgan fingerprint density at radius 2 is 2.00 bits per heavy atom. The molecule has 0 radical (unpaired) electrons. The van der Waals surface area contributed by atoms with E-state index in [0.717, 1.165) is 5.56 Å². The zero-order valence-corrected chi connectivity index (χ0v) is 15.2. The molecule has 5 nitrogen and oxygen atoms in total. The van der Waals surface area contributed by atoms with E-state index < -0.39 is 5.82 Å². The predicted octanol–water partition coefficient (Wildman–Crippen LogP) is 3.82. The molecule has 1 fully saturated rings. The number of halogens is 2. The number of rotatable bonds is 4. The monoisotopic (exact) mass is 388 g/mol. The van der Waals surface area contributed by atoms with E-state index >= 15 is 0 Å². The summed E-state index contributed by atoms with van der Waals surface area (Å²) < 4.78 is 19.1. The summed E-state index contributed by atoms with van der Waals surface area (Å²) in [5.74, 6) is -0.950. The molecule has 1 aliphatic rings. The molecule has 1 N–H and O–H groups in total. The molecule has 0 aromatic heterocycles. The molecule has 1 atom stereocenters. The second kappa shape index (κ2) is 8.33. The number of nitrogens with zero attached hydrogens (tertiary/aromatic N) is 1. The third-order valence-corrected chi connectivity index (χ3v) is 4.54. The highest BCUT2D eigenvalue weighted by Gasteiger charge is 2.26. The Morgan fingerprint density at radius 3 is 2.67 bits per heavy atom. The lowest BCUT2D eigenvalue weighted by atomic mass is 10.1. The van der Waals surface area contributed by atoms with Gasteiger partial charge in [0, 0.05) is 17.8 Å². The van der Waals surface area contributed by atoms with Crippen LogP contribution in [0.5, 0.6) is 0 Å². The molecule has 2 aromatic rings. The molecule has 1 saturated heterocycles. The van der Waals surface area contributed by atoms with Gasteiger partial charge in [-0.25, -0.2) is 4.39 Å². The van der Waals surface area contributed by atoms with E-state index in [1.165, 1.54) is 18.2 Å². The lowest BCUT2D eigenvalue weighted by molar-refractivity contribution is -0.111. The molecule has 2 aromatic carbocycles. The van der Waals surface area contributed by atoms with Gasteiger partial charge in [0.25, 0.3) is 5.91 Å². The molecule has 1 aliphatic heterocycles. The first-order valence-corrected chi connectivity index (χ1v) is 8.75. The predicted molar refractivity (Wildman–Crippen MR) is 101 cm³/mol. The lowest BCUT2D eigenvalue weighted by Gasteiger charge is -2.33. The second-order valence-corrected chi connectivity index (χ2v) is 6.46. The zero-order chi connectivity index (χ0) is 19.4. The molecule has 27 heavy (non-hydrogen) atoms. The topological polar surface area (TPSA) is 58.6 Å². The van der Waals surface area contributed by atoms with E-state index in [9.17, 15) is 14.0 Å². The van der Waals surface area contributed by atoms with Gasteiger partial charge >= 0.3 is 0 Å². The summed E-state index contributed by atoms with van der Waals surface area (Å²) in [6, 6.07) is 11.0. The number of nitrogens with one attached hydrogen (secondary N) is 1. The van der Waals surface area contributed by atoms with E-state index in [-0.39, 0.29) is 22.9 Å². The number of benzene rings is 2. The van der Waals surface area contributed by atoms with Crippen molar-refractivity contribution in [3.05, 3.63) is 77.1 Å². The Bertz CT molecular complexity index is 870. The van der Waals surface area contributed by atoms with Crippen LogP contribution in [0.15, 0.2) is 55.1 Å². The molecule has 3 rings (SSSR count). The standard InChI is InChI=1S/C20H18ClFN2O3/c1-2-19(25)23-15-6-3-13(4-7-15)20(26)24-9-10-27-18(12-24)14-5-8-17(22)16(21)11-14/h2-8,11,18H,1,9-10,12H2,(H,23,25). The summed E-state index contributed by atoms with van der Waals surface area (Å²) in [7, 11) is 0. The van der Waals surface area contributed by atoms with Crippen LogP contribution in [-0.4, -0.2) is 36.4 Å². The first-order valence-electron chi connectivity index (χ1n) is 8.37. The van der Waals surface area contributed by atoms with Crippen molar-refractivity contribution in [3.8, 4) is 0 Å². The van der Waals surface area contributed by atoms with Crippen molar-refractivity contribution in [3.63, 3.8) is 0 Å². The van der Waals surface area contributed by atoms with Crippen LogP contribution in [-0.2, 0) is 9.53 Å². The molecule has 0 spiro atoms. The van der Waals surface area contributed by atoms with Gasteiger partial charge in [-0.05, 0) is 48.0 Å². The zero-order valence-electron chi connectivity index (χ0n) is 14.5. The molecule has 0 bridgehead atoms. The SMILES string of the molecule is C=CC(=O)Nc1ccc(C(=O)N2CCOC(c3ccc(F)c(Cl)c3)C2)cc1. The highest BCUT2D eigenvalue weighted by molar-refractivity contribution is 6.30. The van der Waals surface area contributed by atoms with Crippen LogP contribution < -0.4 is 5.32 Å². The highest BCUT2D eigenvalue weighted by atomic mass is 35.5. The van der Waals surface area contributed by atoms with Crippen LogP contribution in [0.2, 0.25) is 5.02 Å². The molecule has 1 heterocycles. The van der Waals surface area contributed by atoms with Gasteiger partial charge in [-0.15, -0.1) is 0 Å². The van der Waals surface area contributed by atoms with Gasteiger partial charge in [0.2, 0.25) is 5.91 Å². The van der Waals surface area contributed by atoms with Crippen molar-refractivity contribution < 1.29 is 18.7 Å². The molecular weight excluding hydrogens is 371 g/mol. The minimum absolute atomic E-state index is 0.0247. The Hall–Kier alpha value is -2.70. The van der Waals surface area contributed by atoms with Gasteiger partial charge in [0.1, 0.15) is 11.9 Å². The number of amides is 2. The maximum atomic E-state index is 13.4. The molecule has 2 amide bonds. The van der Waals surface area contributed by atoms with Gasteiger partial charge in [0.15, 0.2) is 0 Å². The van der Waals surface area contributed by atoms with Crippen molar-refractivity contribution in [2.45, 2.75) is 6.10 Å². The number of anilines is 1. The number of ether oxygens (including phenoxy) is 1. The van der Waals surface area contributed by atoms with E-state index in [4.69, 9.17) is 16.3 Å². The van der Waals surface area contributed by atoms with Crippen LogP contribution in [0.25, 0.3) is 0 Å². The first kappa shape index (κ1) is 19.1. The van der Waals surface area contributed by atoms with Crippen molar-refractivity contribution in [1.82, 2.24) is 4.90 Å². The third kappa shape index (κ3) is 4.53. The fourth-order valence-corrected chi connectivity index (χ4v) is 3.01. The van der Waals surface area contributed by atoms with Crippen molar-refractivity contribution in [1.29, 1.82) is 0 Å². The maximum absolute atomic E-state index is 13.4. The maximum Gasteiger partial charge on any atom is 0.254 e. The van der Waals surface area contributed by atoms with Crippen molar-refractivity contribution >= 4 is 29.1 Å². The van der Waals surface area contributed by atoms with Crippen LogP contribution in [0.1, 0.15) is 22.0 Å². The van der Waals surface area contributed by atoms with Crippen LogP contribution in [0.3, 0.4) is 0 Å². The summed E-state index contributed by atoms with van der Waals surface area (Å²) in [5.41, 5.74) is 1.81. The lowest BCUT2D eigenvalue weighted by Crippen LogP contribution is -2.42. The average molecular weight is 389 g/mol. The Morgan fingerprint density at radius 1 is 1.26 bits per heavy atom. The minimum atomic E-state index is -0.493. The van der Waals surface area contributed by atoms with E-state index in [2.05, 4.69) is 11.9 Å². The van der Waals surface area contributed by atoms with Crippen LogP contribution >= 0.6 is 11.6 Å². The van der Waals surface area contributed by atoms with Gasteiger partial charge in [-0.1, -0.05) is 24.2 Å². The highest BCUT2D eigenvalue weighted by Crippen LogP contribution is 2.27. The third-order valence-electron chi connectivity index (χ3n) is 4.25. The summed E-state index contributed by atoms with van der Waals surface area (Å²) in [5, 5.41) is 2.66. The van der Waals surface area contributed by atoms with Crippen molar-refractivity contribution in [2.75, 3.05) is 25.0 Å². The number of carbonyl (C=O) groups excluding carboxylic acids is 2. The average Bonchev–Trinajstić information content (AvgIpc) is 2.70. The summed E-state index contributed by atoms with van der Waals surface area (Å²) in [6.07, 6.45) is 0.807. The van der Waals surface area contributed by atoms with E-state index in [0.29, 0.717) is 30.9 Å². The quantitative estimate of drug-likeness (QED) is 0.810. The molecule has 7 heteroatoms. The smallest absolute Gasteiger partial charge is 0.254 e. The number of carbonyl (C=O) groups is 2. The largest absolute Gasteiger partial charge is 0.370 e.